The molecule has 0 rings (SSSR count). The van der Waals surface area contributed by atoms with E-state index in [2.05, 4.69) is 19.1 Å². The first-order valence-electron chi connectivity index (χ1n) is 4.27. The lowest BCUT2D eigenvalue weighted by atomic mass is 10.1. The summed E-state index contributed by atoms with van der Waals surface area (Å²) in [5, 5.41) is 0. The summed E-state index contributed by atoms with van der Waals surface area (Å²) in [7, 11) is -2.32. The Labute approximate surface area is 79.1 Å². The lowest BCUT2D eigenvalue weighted by Gasteiger charge is -2.02. The quantitative estimate of drug-likeness (QED) is 0.351. The molecule has 13 heavy (non-hydrogen) atoms. The lowest BCUT2D eigenvalue weighted by Crippen LogP contribution is -2.03. The second kappa shape index (κ2) is 8.53. The van der Waals surface area contributed by atoms with Crippen LogP contribution in [0.3, 0.4) is 0 Å². The summed E-state index contributed by atoms with van der Waals surface area (Å²) in [5.41, 5.74) is 0. The summed E-state index contributed by atoms with van der Waals surface area (Å²) < 4.78 is 19.4. The molecule has 0 saturated carbocycles. The van der Waals surface area contributed by atoms with E-state index in [1.165, 1.54) is 0 Å². The highest BCUT2D eigenvalue weighted by Crippen LogP contribution is 2.24. The second-order valence-electron chi connectivity index (χ2n) is 2.58. The van der Waals surface area contributed by atoms with Crippen LogP contribution < -0.4 is 0 Å². The van der Waals surface area contributed by atoms with Crippen LogP contribution in [0.4, 0.5) is 0 Å². The van der Waals surface area contributed by atoms with Gasteiger partial charge in [0.05, 0.1) is 22.6 Å². The van der Waals surface area contributed by atoms with Crippen LogP contribution in [0.15, 0.2) is 0 Å². The Bertz CT molecular complexity index is 141. The fraction of sp³-hybridized carbons (Fsp3) is 1.00. The van der Waals surface area contributed by atoms with Crippen molar-refractivity contribution in [3.63, 3.8) is 0 Å². The van der Waals surface area contributed by atoms with Crippen molar-refractivity contribution in [1.29, 1.82) is 0 Å². The summed E-state index contributed by atoms with van der Waals surface area (Å²) in [6.45, 7) is 6.45. The van der Waals surface area contributed by atoms with Crippen LogP contribution in [0.25, 0.3) is 0 Å². The average Bonchev–Trinajstić information content (AvgIpc) is 2.14. The van der Waals surface area contributed by atoms with E-state index in [1.807, 2.05) is 13.8 Å². The SMILES string of the molecule is CCOO[P+](=O)OOCC(C)CC. The van der Waals surface area contributed by atoms with Gasteiger partial charge in [-0.1, -0.05) is 20.3 Å². The molecule has 0 aliphatic rings. The van der Waals surface area contributed by atoms with Crippen molar-refractivity contribution < 1.29 is 23.7 Å². The van der Waals surface area contributed by atoms with E-state index in [0.717, 1.165) is 6.42 Å². The third-order valence-electron chi connectivity index (χ3n) is 1.39. The molecule has 2 unspecified atom stereocenters. The maximum atomic E-state index is 10.7. The molecule has 0 aliphatic carbocycles. The van der Waals surface area contributed by atoms with Crippen molar-refractivity contribution in [2.45, 2.75) is 27.2 Å². The largest absolute Gasteiger partial charge is 0.759 e. The fourth-order valence-corrected chi connectivity index (χ4v) is 0.779. The minimum absolute atomic E-state index is 0.315. The van der Waals surface area contributed by atoms with Crippen molar-refractivity contribution in [3.05, 3.63) is 0 Å². The molecule has 5 nitrogen and oxygen atoms in total. The Balaban J connectivity index is 3.26. The van der Waals surface area contributed by atoms with Gasteiger partial charge in [0, 0.05) is 4.57 Å². The minimum Gasteiger partial charge on any atom is -0.187 e. The third kappa shape index (κ3) is 8.28. The van der Waals surface area contributed by atoms with Gasteiger partial charge < -0.3 is 0 Å². The zero-order valence-corrected chi connectivity index (χ0v) is 9.08. The molecule has 0 spiro atoms. The van der Waals surface area contributed by atoms with Gasteiger partial charge in [0.15, 0.2) is 0 Å². The van der Waals surface area contributed by atoms with Gasteiger partial charge in [0.2, 0.25) is 0 Å². The van der Waals surface area contributed by atoms with Crippen molar-refractivity contribution in [1.82, 2.24) is 0 Å². The minimum atomic E-state index is -2.32. The monoisotopic (exact) mass is 211 g/mol. The van der Waals surface area contributed by atoms with Gasteiger partial charge in [-0.05, 0) is 12.8 Å². The highest BCUT2D eigenvalue weighted by atomic mass is 31.1. The standard InChI is InChI=1S/C7H16O5P/c1-4-7(3)6-10-12-13(8)11-9-5-2/h7H,4-6H2,1-3H3/q+1. The molecule has 0 aromatic carbocycles. The predicted octanol–water partition coefficient (Wildman–Crippen LogP) is 2.61. The molecule has 0 fully saturated rings. The van der Waals surface area contributed by atoms with E-state index in [-0.39, 0.29) is 0 Å². The van der Waals surface area contributed by atoms with Crippen LogP contribution in [-0.4, -0.2) is 13.2 Å². The molecule has 0 N–H and O–H groups in total. The smallest absolute Gasteiger partial charge is 0.187 e. The number of hydrogen-bond donors (Lipinski definition) is 0. The highest BCUT2D eigenvalue weighted by molar-refractivity contribution is 7.32. The molecule has 0 amide bonds. The van der Waals surface area contributed by atoms with Crippen molar-refractivity contribution in [2.24, 2.45) is 5.92 Å². The van der Waals surface area contributed by atoms with E-state index in [4.69, 9.17) is 0 Å². The molecule has 0 heterocycles. The maximum absolute atomic E-state index is 10.7. The average molecular weight is 211 g/mol. The van der Waals surface area contributed by atoms with Gasteiger partial charge in [-0.2, -0.15) is 9.78 Å². The Morgan fingerprint density at radius 2 is 1.85 bits per heavy atom. The molecule has 0 saturated heterocycles. The zero-order valence-electron chi connectivity index (χ0n) is 8.19. The first-order valence-corrected chi connectivity index (χ1v) is 5.36. The topological polar surface area (TPSA) is 54.0 Å². The maximum Gasteiger partial charge on any atom is 0.759 e. The Hall–Kier alpha value is -0.0600. The van der Waals surface area contributed by atoms with Gasteiger partial charge in [0.1, 0.15) is 0 Å². The third-order valence-corrected chi connectivity index (χ3v) is 1.85. The molecule has 0 radical (unpaired) electrons. The summed E-state index contributed by atoms with van der Waals surface area (Å²) in [6, 6.07) is 0. The predicted molar refractivity (Wildman–Crippen MR) is 46.8 cm³/mol. The highest BCUT2D eigenvalue weighted by Gasteiger charge is 2.24. The van der Waals surface area contributed by atoms with E-state index in [1.54, 1.807) is 6.92 Å². The molecular weight excluding hydrogens is 195 g/mol. The lowest BCUT2D eigenvalue weighted by molar-refractivity contribution is -0.261. The van der Waals surface area contributed by atoms with E-state index < -0.39 is 8.25 Å². The zero-order chi connectivity index (χ0) is 10.1. The van der Waals surface area contributed by atoms with E-state index >= 15 is 0 Å². The van der Waals surface area contributed by atoms with Crippen LogP contribution in [0.2, 0.25) is 0 Å². The number of hydrogen-bond acceptors (Lipinski definition) is 5. The fourth-order valence-electron chi connectivity index (χ4n) is 0.416. The van der Waals surface area contributed by atoms with Crippen LogP contribution in [0.1, 0.15) is 27.2 Å². The summed E-state index contributed by atoms with van der Waals surface area (Å²) in [6.07, 6.45) is 0.979. The first kappa shape index (κ1) is 12.9. The van der Waals surface area contributed by atoms with Crippen molar-refractivity contribution >= 4 is 8.25 Å². The molecule has 0 aromatic rings. The molecule has 0 aliphatic heterocycles. The Morgan fingerprint density at radius 1 is 1.23 bits per heavy atom. The van der Waals surface area contributed by atoms with Gasteiger partial charge in [-0.3, -0.25) is 0 Å². The van der Waals surface area contributed by atoms with Gasteiger partial charge in [-0.25, -0.2) is 0 Å². The van der Waals surface area contributed by atoms with Crippen LogP contribution in [0, 0.1) is 5.92 Å². The molecule has 78 valence electrons. The van der Waals surface area contributed by atoms with E-state index in [0.29, 0.717) is 19.1 Å². The van der Waals surface area contributed by atoms with Crippen LogP contribution in [0.5, 0.6) is 0 Å². The van der Waals surface area contributed by atoms with Gasteiger partial charge in [-0.15, -0.1) is 0 Å². The summed E-state index contributed by atoms with van der Waals surface area (Å²) in [5.74, 6) is 0.371. The van der Waals surface area contributed by atoms with Crippen LogP contribution >= 0.6 is 8.25 Å². The van der Waals surface area contributed by atoms with Crippen molar-refractivity contribution in [3.8, 4) is 0 Å². The van der Waals surface area contributed by atoms with Gasteiger partial charge >= 0.3 is 8.25 Å². The van der Waals surface area contributed by atoms with Crippen LogP contribution in [-0.2, 0) is 23.7 Å². The van der Waals surface area contributed by atoms with E-state index in [9.17, 15) is 4.57 Å². The molecule has 6 heteroatoms. The second-order valence-corrected chi connectivity index (χ2v) is 3.32. The molecule has 0 aromatic heterocycles. The Morgan fingerprint density at radius 3 is 2.38 bits per heavy atom. The summed E-state index contributed by atoms with van der Waals surface area (Å²) >= 11 is 0. The Kier molecular flexibility index (Phi) is 8.49. The number of rotatable bonds is 8. The summed E-state index contributed by atoms with van der Waals surface area (Å²) in [4.78, 5) is 9.05. The molecular formula is C7H16O5P+. The molecule has 0 bridgehead atoms. The first-order chi connectivity index (χ1) is 6.20. The normalized spacial score (nSPS) is 14.2. The van der Waals surface area contributed by atoms with Crippen molar-refractivity contribution in [2.75, 3.05) is 13.2 Å². The van der Waals surface area contributed by atoms with Gasteiger partial charge in [0.25, 0.3) is 0 Å². The molecule has 2 atom stereocenters.